The van der Waals surface area contributed by atoms with Gasteiger partial charge in [0.1, 0.15) is 0 Å². The van der Waals surface area contributed by atoms with Crippen LogP contribution in [0.4, 0.5) is 0 Å². The van der Waals surface area contributed by atoms with E-state index in [1.54, 1.807) is 85.2 Å². The van der Waals surface area contributed by atoms with Crippen LogP contribution in [0.25, 0.3) is 22.3 Å². The molecule has 28 heavy (non-hydrogen) atoms. The predicted molar refractivity (Wildman–Crippen MR) is 108 cm³/mol. The second-order valence-corrected chi connectivity index (χ2v) is 6.25. The van der Waals surface area contributed by atoms with E-state index in [1.807, 2.05) is 0 Å². The highest BCUT2D eigenvalue weighted by molar-refractivity contribution is 6.15. The van der Waals surface area contributed by atoms with Crippen LogP contribution in [-0.4, -0.2) is 15.8 Å². The number of ketones is 1. The molecule has 0 amide bonds. The summed E-state index contributed by atoms with van der Waals surface area (Å²) < 4.78 is 0. The van der Waals surface area contributed by atoms with Crippen LogP contribution in [0.15, 0.2) is 94.8 Å². The molecule has 5 nitrogen and oxygen atoms in total. The summed E-state index contributed by atoms with van der Waals surface area (Å²) in [5.74, 6) is -0.252. The van der Waals surface area contributed by atoms with Gasteiger partial charge in [-0.1, -0.05) is 48.5 Å². The van der Waals surface area contributed by atoms with Crippen LogP contribution < -0.4 is 11.1 Å². The fourth-order valence-electron chi connectivity index (χ4n) is 3.24. The fraction of sp³-hybridized carbons (Fsp3) is 0. The predicted octanol–water partition coefficient (Wildman–Crippen LogP) is 3.63. The molecule has 0 aliphatic carbocycles. The SMILES string of the molecule is O=C(c1ccccc1-c1ccc[nH]c1=O)c1ccccc1-c1ccc[nH]c1=O. The molecule has 2 aromatic heterocycles. The Hall–Kier alpha value is -3.99. The molecule has 0 unspecified atom stereocenters. The van der Waals surface area contributed by atoms with Gasteiger partial charge in [0, 0.05) is 34.6 Å². The van der Waals surface area contributed by atoms with Crippen molar-refractivity contribution in [2.24, 2.45) is 0 Å². The van der Waals surface area contributed by atoms with Gasteiger partial charge in [-0.25, -0.2) is 0 Å². The molecule has 0 spiro atoms. The van der Waals surface area contributed by atoms with Crippen molar-refractivity contribution in [3.8, 4) is 22.3 Å². The molecule has 0 aliphatic rings. The normalized spacial score (nSPS) is 10.6. The van der Waals surface area contributed by atoms with Crippen LogP contribution in [0.2, 0.25) is 0 Å². The number of aromatic nitrogens is 2. The van der Waals surface area contributed by atoms with Crippen molar-refractivity contribution in [2.75, 3.05) is 0 Å². The first-order chi connectivity index (χ1) is 13.7. The van der Waals surface area contributed by atoms with Crippen molar-refractivity contribution in [3.05, 3.63) is 117 Å². The topological polar surface area (TPSA) is 82.8 Å². The molecule has 0 fully saturated rings. The molecule has 4 rings (SSSR count). The van der Waals surface area contributed by atoms with E-state index >= 15 is 0 Å². The van der Waals surface area contributed by atoms with Crippen LogP contribution in [0.3, 0.4) is 0 Å². The summed E-state index contributed by atoms with van der Waals surface area (Å²) in [5.41, 5.74) is 2.20. The van der Waals surface area contributed by atoms with Gasteiger partial charge >= 0.3 is 0 Å². The molecule has 0 radical (unpaired) electrons. The number of carbonyl (C=O) groups is 1. The minimum atomic E-state index is -0.268. The van der Waals surface area contributed by atoms with Gasteiger partial charge in [0.2, 0.25) is 0 Å². The minimum absolute atomic E-state index is 0.252. The molecule has 0 saturated carbocycles. The number of nitrogens with one attached hydrogen (secondary N) is 2. The van der Waals surface area contributed by atoms with Gasteiger partial charge in [0.25, 0.3) is 11.1 Å². The van der Waals surface area contributed by atoms with Gasteiger partial charge in [-0.15, -0.1) is 0 Å². The minimum Gasteiger partial charge on any atom is -0.329 e. The molecule has 0 bridgehead atoms. The molecule has 136 valence electrons. The molecular formula is C23H16N2O3. The van der Waals surface area contributed by atoms with Crippen LogP contribution in [0, 0.1) is 0 Å². The number of H-pyrrole nitrogens is 2. The molecule has 2 aromatic carbocycles. The van der Waals surface area contributed by atoms with E-state index in [4.69, 9.17) is 0 Å². The molecular weight excluding hydrogens is 352 g/mol. The molecule has 0 atom stereocenters. The van der Waals surface area contributed by atoms with Gasteiger partial charge in [-0.2, -0.15) is 0 Å². The van der Waals surface area contributed by atoms with Crippen LogP contribution in [0.1, 0.15) is 15.9 Å². The first-order valence-corrected chi connectivity index (χ1v) is 8.76. The lowest BCUT2D eigenvalue weighted by atomic mass is 9.90. The van der Waals surface area contributed by atoms with Crippen molar-refractivity contribution < 1.29 is 4.79 Å². The largest absolute Gasteiger partial charge is 0.329 e. The molecule has 2 heterocycles. The van der Waals surface area contributed by atoms with E-state index in [1.165, 1.54) is 0 Å². The monoisotopic (exact) mass is 368 g/mol. The van der Waals surface area contributed by atoms with E-state index in [0.717, 1.165) is 0 Å². The van der Waals surface area contributed by atoms with Crippen LogP contribution in [0.5, 0.6) is 0 Å². The van der Waals surface area contributed by atoms with Crippen molar-refractivity contribution in [2.45, 2.75) is 0 Å². The quantitative estimate of drug-likeness (QED) is 0.540. The Bertz CT molecular complexity index is 1190. The highest BCUT2D eigenvalue weighted by atomic mass is 16.1. The van der Waals surface area contributed by atoms with Crippen molar-refractivity contribution in [1.82, 2.24) is 9.97 Å². The first kappa shape index (κ1) is 17.4. The summed E-state index contributed by atoms with van der Waals surface area (Å²) in [7, 11) is 0. The second kappa shape index (κ2) is 7.32. The zero-order valence-electron chi connectivity index (χ0n) is 14.8. The van der Waals surface area contributed by atoms with Gasteiger partial charge < -0.3 is 9.97 Å². The van der Waals surface area contributed by atoms with Crippen molar-refractivity contribution >= 4 is 5.78 Å². The Morgan fingerprint density at radius 3 is 1.36 bits per heavy atom. The summed E-state index contributed by atoms with van der Waals surface area (Å²) in [4.78, 5) is 43.2. The summed E-state index contributed by atoms with van der Waals surface area (Å²) in [6.07, 6.45) is 3.10. The zero-order valence-corrected chi connectivity index (χ0v) is 14.8. The maximum atomic E-state index is 13.4. The van der Waals surface area contributed by atoms with Gasteiger partial charge in [-0.05, 0) is 35.4 Å². The second-order valence-electron chi connectivity index (χ2n) is 6.25. The van der Waals surface area contributed by atoms with E-state index in [0.29, 0.717) is 33.4 Å². The highest BCUT2D eigenvalue weighted by Crippen LogP contribution is 2.27. The van der Waals surface area contributed by atoms with Crippen LogP contribution >= 0.6 is 0 Å². The third-order valence-corrected chi connectivity index (χ3v) is 4.56. The zero-order chi connectivity index (χ0) is 19.5. The summed E-state index contributed by atoms with van der Waals surface area (Å²) in [6.45, 7) is 0. The summed E-state index contributed by atoms with van der Waals surface area (Å²) >= 11 is 0. The number of carbonyl (C=O) groups excluding carboxylic acids is 1. The molecule has 0 aliphatic heterocycles. The van der Waals surface area contributed by atoms with E-state index in [-0.39, 0.29) is 16.9 Å². The van der Waals surface area contributed by atoms with Gasteiger partial charge in [-0.3, -0.25) is 14.4 Å². The number of hydrogen-bond acceptors (Lipinski definition) is 3. The third kappa shape index (κ3) is 3.10. The Morgan fingerprint density at radius 1 is 0.536 bits per heavy atom. The lowest BCUT2D eigenvalue weighted by Crippen LogP contribution is -2.13. The summed E-state index contributed by atoms with van der Waals surface area (Å²) in [6, 6.07) is 20.7. The van der Waals surface area contributed by atoms with Gasteiger partial charge in [0.05, 0.1) is 0 Å². The molecule has 5 heteroatoms. The smallest absolute Gasteiger partial charge is 0.255 e. The summed E-state index contributed by atoms with van der Waals surface area (Å²) in [5, 5.41) is 0. The lowest BCUT2D eigenvalue weighted by molar-refractivity contribution is 0.104. The Balaban J connectivity index is 1.90. The van der Waals surface area contributed by atoms with E-state index in [2.05, 4.69) is 9.97 Å². The number of rotatable bonds is 4. The standard InChI is InChI=1S/C23H16N2O3/c26-21(17-9-3-1-7-15(17)19-11-5-13-24-22(19)27)18-10-4-2-8-16(18)20-12-6-14-25-23(20)28/h1-14H,(H,24,27)(H,25,28). The Labute approximate surface area is 160 Å². The maximum Gasteiger partial charge on any atom is 0.255 e. The number of aromatic amines is 2. The number of hydrogen-bond donors (Lipinski definition) is 2. The Kier molecular flexibility index (Phi) is 4.56. The fourth-order valence-corrected chi connectivity index (χ4v) is 3.24. The van der Waals surface area contributed by atoms with Crippen molar-refractivity contribution in [1.29, 1.82) is 0 Å². The molecule has 4 aromatic rings. The third-order valence-electron chi connectivity index (χ3n) is 4.56. The first-order valence-electron chi connectivity index (χ1n) is 8.76. The number of pyridine rings is 2. The van der Waals surface area contributed by atoms with Crippen LogP contribution in [-0.2, 0) is 0 Å². The molecule has 2 N–H and O–H groups in total. The number of benzene rings is 2. The van der Waals surface area contributed by atoms with E-state index < -0.39 is 0 Å². The average molecular weight is 368 g/mol. The van der Waals surface area contributed by atoms with Gasteiger partial charge in [0.15, 0.2) is 5.78 Å². The van der Waals surface area contributed by atoms with E-state index in [9.17, 15) is 14.4 Å². The highest BCUT2D eigenvalue weighted by Gasteiger charge is 2.20. The van der Waals surface area contributed by atoms with Crippen molar-refractivity contribution in [3.63, 3.8) is 0 Å². The maximum absolute atomic E-state index is 13.4. The molecule has 0 saturated heterocycles. The average Bonchev–Trinajstić information content (AvgIpc) is 2.74. The Morgan fingerprint density at radius 2 is 0.929 bits per heavy atom. The lowest BCUT2D eigenvalue weighted by Gasteiger charge is -2.11.